The number of nitrogens with zero attached hydrogens (tertiary/aromatic N) is 2. The van der Waals surface area contributed by atoms with Gasteiger partial charge in [-0.15, -0.1) is 0 Å². The highest BCUT2D eigenvalue weighted by Gasteiger charge is 2.10. The molecule has 0 amide bonds. The lowest BCUT2D eigenvalue weighted by atomic mass is 9.97. The lowest BCUT2D eigenvalue weighted by Gasteiger charge is -2.07. The van der Waals surface area contributed by atoms with Crippen molar-refractivity contribution < 1.29 is 4.79 Å². The number of hydrogen-bond acceptors (Lipinski definition) is 3. The van der Waals surface area contributed by atoms with Crippen molar-refractivity contribution in [2.75, 3.05) is 0 Å². The van der Waals surface area contributed by atoms with Gasteiger partial charge in [0.25, 0.3) is 0 Å². The van der Waals surface area contributed by atoms with E-state index in [-0.39, 0.29) is 12.2 Å². The number of Topliss-reactive ketones (excluding diaryl/α,β-unsaturated/α-hetero) is 1. The van der Waals surface area contributed by atoms with Crippen LogP contribution in [0.2, 0.25) is 0 Å². The number of pyridine rings is 1. The Morgan fingerprint density at radius 2 is 1.73 bits per heavy atom. The fourth-order valence-electron chi connectivity index (χ4n) is 3.02. The summed E-state index contributed by atoms with van der Waals surface area (Å²) in [5, 5.41) is 9.20. The van der Waals surface area contributed by atoms with Crippen molar-refractivity contribution in [3.8, 4) is 17.2 Å². The first-order valence-electron chi connectivity index (χ1n) is 8.58. The molecule has 0 unspecified atom stereocenters. The fourth-order valence-corrected chi connectivity index (χ4v) is 3.02. The van der Waals surface area contributed by atoms with E-state index < -0.39 is 0 Å². The minimum Gasteiger partial charge on any atom is -0.299 e. The number of rotatable bonds is 5. The van der Waals surface area contributed by atoms with Gasteiger partial charge >= 0.3 is 0 Å². The van der Waals surface area contributed by atoms with E-state index in [0.29, 0.717) is 12.0 Å². The Morgan fingerprint density at radius 1 is 0.962 bits per heavy atom. The van der Waals surface area contributed by atoms with Gasteiger partial charge < -0.3 is 0 Å². The van der Waals surface area contributed by atoms with Crippen LogP contribution < -0.4 is 0 Å². The van der Waals surface area contributed by atoms with Gasteiger partial charge in [-0.2, -0.15) is 5.26 Å². The van der Waals surface area contributed by atoms with Gasteiger partial charge in [0.2, 0.25) is 0 Å². The highest BCUT2D eigenvalue weighted by atomic mass is 16.1. The second-order valence-electron chi connectivity index (χ2n) is 6.55. The Labute approximate surface area is 154 Å². The average molecular weight is 340 g/mol. The zero-order chi connectivity index (χ0) is 18.5. The molecule has 0 saturated carbocycles. The minimum absolute atomic E-state index is 0.111. The highest BCUT2D eigenvalue weighted by molar-refractivity contribution is 5.84. The Morgan fingerprint density at radius 3 is 2.42 bits per heavy atom. The van der Waals surface area contributed by atoms with Crippen LogP contribution in [0.5, 0.6) is 0 Å². The molecule has 3 nitrogen and oxygen atoms in total. The quantitative estimate of drug-likeness (QED) is 0.682. The second kappa shape index (κ2) is 7.76. The summed E-state index contributed by atoms with van der Waals surface area (Å²) < 4.78 is 0. The van der Waals surface area contributed by atoms with Crippen LogP contribution in [-0.2, 0) is 17.6 Å². The van der Waals surface area contributed by atoms with E-state index in [1.807, 2.05) is 62.4 Å². The van der Waals surface area contributed by atoms with Crippen LogP contribution in [0.3, 0.4) is 0 Å². The Kier molecular flexibility index (Phi) is 5.24. The molecular weight excluding hydrogens is 320 g/mol. The van der Waals surface area contributed by atoms with E-state index in [1.165, 1.54) is 0 Å². The summed E-state index contributed by atoms with van der Waals surface area (Å²) in [7, 11) is 0. The van der Waals surface area contributed by atoms with E-state index in [2.05, 4.69) is 11.1 Å². The molecule has 0 aliphatic heterocycles. The maximum Gasteiger partial charge on any atom is 0.141 e. The van der Waals surface area contributed by atoms with Gasteiger partial charge in [0.15, 0.2) is 0 Å². The van der Waals surface area contributed by atoms with Crippen LogP contribution in [0, 0.1) is 25.2 Å². The molecule has 0 spiro atoms. The number of carbonyl (C=O) groups is 1. The molecule has 128 valence electrons. The predicted octanol–water partition coefficient (Wildman–Crippen LogP) is 4.59. The molecule has 2 aromatic carbocycles. The van der Waals surface area contributed by atoms with Crippen LogP contribution >= 0.6 is 0 Å². The standard InChI is InChI=1S/C23H20N2O/c1-16-3-6-21(15-24)22(11-16)14-23(26)13-18-4-7-19(8-5-18)20-9-10-25-17(2)12-20/h3-12H,13-14H2,1-2H3. The molecule has 0 radical (unpaired) electrons. The average Bonchev–Trinajstić information content (AvgIpc) is 2.62. The van der Waals surface area contributed by atoms with Crippen LogP contribution in [0.15, 0.2) is 60.8 Å². The smallest absolute Gasteiger partial charge is 0.141 e. The van der Waals surface area contributed by atoms with Gasteiger partial charge in [0.05, 0.1) is 11.6 Å². The van der Waals surface area contributed by atoms with Crippen LogP contribution in [0.25, 0.3) is 11.1 Å². The summed E-state index contributed by atoms with van der Waals surface area (Å²) in [6.07, 6.45) is 2.46. The van der Waals surface area contributed by atoms with Gasteiger partial charge in [0.1, 0.15) is 5.78 Å². The van der Waals surface area contributed by atoms with E-state index in [1.54, 1.807) is 12.3 Å². The largest absolute Gasteiger partial charge is 0.299 e. The number of benzene rings is 2. The van der Waals surface area contributed by atoms with Gasteiger partial charge in [-0.3, -0.25) is 9.78 Å². The maximum absolute atomic E-state index is 12.4. The molecule has 0 bridgehead atoms. The van der Waals surface area contributed by atoms with Gasteiger partial charge in [0, 0.05) is 24.7 Å². The Hall–Kier alpha value is -3.25. The summed E-state index contributed by atoms with van der Waals surface area (Å²) in [5.74, 6) is 0.111. The van der Waals surface area contributed by atoms with Crippen LogP contribution in [0.1, 0.15) is 27.9 Å². The van der Waals surface area contributed by atoms with E-state index in [9.17, 15) is 10.1 Å². The normalized spacial score (nSPS) is 10.3. The van der Waals surface area contributed by atoms with Gasteiger partial charge in [-0.25, -0.2) is 0 Å². The molecule has 26 heavy (non-hydrogen) atoms. The molecule has 3 rings (SSSR count). The van der Waals surface area contributed by atoms with Crippen molar-refractivity contribution in [1.29, 1.82) is 5.26 Å². The van der Waals surface area contributed by atoms with E-state index in [4.69, 9.17) is 0 Å². The second-order valence-corrected chi connectivity index (χ2v) is 6.55. The van der Waals surface area contributed by atoms with Crippen molar-refractivity contribution >= 4 is 5.78 Å². The van der Waals surface area contributed by atoms with Crippen molar-refractivity contribution in [3.63, 3.8) is 0 Å². The molecule has 3 heteroatoms. The predicted molar refractivity (Wildman–Crippen MR) is 103 cm³/mol. The molecule has 0 fully saturated rings. The number of carbonyl (C=O) groups excluding carboxylic acids is 1. The first-order chi connectivity index (χ1) is 12.5. The van der Waals surface area contributed by atoms with Gasteiger partial charge in [-0.05, 0) is 54.3 Å². The molecule has 3 aromatic rings. The number of ketones is 1. The first kappa shape index (κ1) is 17.6. The zero-order valence-electron chi connectivity index (χ0n) is 15.0. The molecular formula is C23H20N2O. The van der Waals surface area contributed by atoms with Crippen molar-refractivity contribution in [2.24, 2.45) is 0 Å². The van der Waals surface area contributed by atoms with Crippen molar-refractivity contribution in [1.82, 2.24) is 4.98 Å². The highest BCUT2D eigenvalue weighted by Crippen LogP contribution is 2.20. The molecule has 0 saturated heterocycles. The first-order valence-corrected chi connectivity index (χ1v) is 8.58. The molecule has 0 N–H and O–H groups in total. The third-order valence-corrected chi connectivity index (χ3v) is 4.35. The van der Waals surface area contributed by atoms with E-state index in [0.717, 1.165) is 33.5 Å². The molecule has 1 heterocycles. The van der Waals surface area contributed by atoms with Crippen molar-refractivity contribution in [3.05, 3.63) is 88.7 Å². The molecule has 1 aromatic heterocycles. The minimum atomic E-state index is 0.111. The van der Waals surface area contributed by atoms with Crippen LogP contribution in [0.4, 0.5) is 0 Å². The lowest BCUT2D eigenvalue weighted by Crippen LogP contribution is -2.08. The summed E-state index contributed by atoms with van der Waals surface area (Å²) >= 11 is 0. The Balaban J connectivity index is 1.71. The van der Waals surface area contributed by atoms with E-state index >= 15 is 0 Å². The Bertz CT molecular complexity index is 982. The zero-order valence-corrected chi connectivity index (χ0v) is 15.0. The summed E-state index contributed by atoms with van der Waals surface area (Å²) in [5.41, 5.74) is 6.63. The topological polar surface area (TPSA) is 53.8 Å². The van der Waals surface area contributed by atoms with Gasteiger partial charge in [-0.1, -0.05) is 42.0 Å². The van der Waals surface area contributed by atoms with Crippen LogP contribution in [-0.4, -0.2) is 10.8 Å². The molecule has 0 aliphatic rings. The summed E-state index contributed by atoms with van der Waals surface area (Å²) in [4.78, 5) is 16.7. The molecule has 0 aliphatic carbocycles. The van der Waals surface area contributed by atoms with Crippen molar-refractivity contribution in [2.45, 2.75) is 26.7 Å². The third kappa shape index (κ3) is 4.23. The molecule has 0 atom stereocenters. The third-order valence-electron chi connectivity index (χ3n) is 4.35. The number of aryl methyl sites for hydroxylation is 2. The SMILES string of the molecule is Cc1ccc(C#N)c(CC(=O)Cc2ccc(-c3ccnc(C)c3)cc2)c1. The fraction of sp³-hybridized carbons (Fsp3) is 0.174. The number of aromatic nitrogens is 1. The lowest BCUT2D eigenvalue weighted by molar-refractivity contribution is -0.117. The summed E-state index contributed by atoms with van der Waals surface area (Å²) in [6, 6.07) is 19.8. The number of hydrogen-bond donors (Lipinski definition) is 0. The summed E-state index contributed by atoms with van der Waals surface area (Å²) in [6.45, 7) is 3.94. The number of nitriles is 1. The monoisotopic (exact) mass is 340 g/mol. The maximum atomic E-state index is 12.4.